The van der Waals surface area contributed by atoms with Crippen LogP contribution in [0.5, 0.6) is 0 Å². The predicted molar refractivity (Wildman–Crippen MR) is 161 cm³/mol. The van der Waals surface area contributed by atoms with Crippen LogP contribution < -0.4 is 5.73 Å². The average molecular weight is 800 g/mol. The van der Waals surface area contributed by atoms with Gasteiger partial charge in [-0.2, -0.15) is 0 Å². The first kappa shape index (κ1) is 46.7. The van der Waals surface area contributed by atoms with Gasteiger partial charge in [0.05, 0.1) is 46.2 Å². The second-order valence-corrected chi connectivity index (χ2v) is 14.4. The molecule has 0 saturated carbocycles. The van der Waals surface area contributed by atoms with E-state index in [-0.39, 0.29) is 6.61 Å². The van der Waals surface area contributed by atoms with Gasteiger partial charge in [0.1, 0.15) is 61.0 Å². The Morgan fingerprint density at radius 1 is 0.667 bits per heavy atom. The number of alkyl halides is 2. The number of halogens is 2. The molecular formula is C25H49F2NO21P2. The number of hydrogen-bond donors (Lipinski definition) is 12. The Bertz CT molecular complexity index is 1090. The van der Waals surface area contributed by atoms with Gasteiger partial charge in [0, 0.05) is 0 Å². The summed E-state index contributed by atoms with van der Waals surface area (Å²) in [4.78, 5) is 19.7. The number of aliphatic hydroxyl groups excluding tert-OH is 9. The summed E-state index contributed by atoms with van der Waals surface area (Å²) in [6.07, 6.45) is -25.6. The summed E-state index contributed by atoms with van der Waals surface area (Å²) in [6.45, 7) is -5.48. The molecule has 2 saturated heterocycles. The van der Waals surface area contributed by atoms with Crippen molar-refractivity contribution >= 4 is 15.6 Å². The Kier molecular flexibility index (Phi) is 20.3. The standard InChI is InChI=1S/C25H49F2NO21P2/c26-18-22(37)16(6-29)47-24(18)42-8-12(31)21(36)15(34)11-46-51(40,41)49-23-17(7-30)48-25(19(23)27)43-9-13(32)20(35)14(33)10-45-50(38,39)44-5-3-1-2-4-28/h12-25,29-37H,1-11,28H2,(H,38,39)(H,40,41)/t12?,13?,14?,15?,16-,17-,18?,19?,20?,21?,22+,23+,24-,25-/m1/s1. The highest BCUT2D eigenvalue weighted by molar-refractivity contribution is 7.47. The second-order valence-electron chi connectivity index (χ2n) is 11.5. The fraction of sp³-hybridized carbons (Fsp3) is 1.00. The molecule has 51 heavy (non-hydrogen) atoms. The van der Waals surface area contributed by atoms with Gasteiger partial charge in [-0.1, -0.05) is 0 Å². The quantitative estimate of drug-likeness (QED) is 0.0289. The normalized spacial score (nSPS) is 32.9. The van der Waals surface area contributed by atoms with Crippen molar-refractivity contribution in [3.63, 3.8) is 0 Å². The van der Waals surface area contributed by atoms with Gasteiger partial charge in [-0.05, 0) is 25.8 Å². The zero-order valence-electron chi connectivity index (χ0n) is 27.1. The molecule has 2 rings (SSSR count). The van der Waals surface area contributed by atoms with Gasteiger partial charge in [0.2, 0.25) is 0 Å². The summed E-state index contributed by atoms with van der Waals surface area (Å²) >= 11 is 0. The number of phosphoric ester groups is 2. The minimum Gasteiger partial charge on any atom is -0.394 e. The lowest BCUT2D eigenvalue weighted by Crippen LogP contribution is -2.44. The Hall–Kier alpha value is -0.480. The van der Waals surface area contributed by atoms with E-state index in [9.17, 15) is 64.2 Å². The van der Waals surface area contributed by atoms with E-state index in [0.717, 1.165) is 0 Å². The van der Waals surface area contributed by atoms with Gasteiger partial charge in [0.15, 0.2) is 24.9 Å². The summed E-state index contributed by atoms with van der Waals surface area (Å²) in [6, 6.07) is 0. The highest BCUT2D eigenvalue weighted by atomic mass is 31.2. The smallest absolute Gasteiger partial charge is 0.394 e. The van der Waals surface area contributed by atoms with Crippen molar-refractivity contribution in [2.24, 2.45) is 5.73 Å². The monoisotopic (exact) mass is 799 g/mol. The third-order valence-corrected chi connectivity index (χ3v) is 9.47. The molecule has 0 bridgehead atoms. The van der Waals surface area contributed by atoms with Crippen LogP contribution >= 0.6 is 15.6 Å². The maximum atomic E-state index is 15.1. The molecule has 13 N–H and O–H groups in total. The van der Waals surface area contributed by atoms with Crippen LogP contribution in [-0.2, 0) is 46.2 Å². The molecule has 0 radical (unpaired) electrons. The molecule has 22 nitrogen and oxygen atoms in total. The van der Waals surface area contributed by atoms with Crippen LogP contribution in [0.25, 0.3) is 0 Å². The summed E-state index contributed by atoms with van der Waals surface area (Å²) in [5.41, 5.74) is 5.34. The molecule has 0 aliphatic carbocycles. The highest BCUT2D eigenvalue weighted by Gasteiger charge is 2.50. The van der Waals surface area contributed by atoms with Crippen molar-refractivity contribution in [2.75, 3.05) is 52.8 Å². The topological polar surface area (TPSA) is 357 Å². The molecule has 2 aliphatic rings. The van der Waals surface area contributed by atoms with E-state index >= 15 is 4.39 Å². The lowest BCUT2D eigenvalue weighted by atomic mass is 10.1. The molecule has 2 aliphatic heterocycles. The molecule has 0 aromatic heterocycles. The first-order valence-electron chi connectivity index (χ1n) is 15.7. The Morgan fingerprint density at radius 2 is 1.14 bits per heavy atom. The van der Waals surface area contributed by atoms with Gasteiger partial charge in [0.25, 0.3) is 0 Å². The number of ether oxygens (including phenoxy) is 4. The van der Waals surface area contributed by atoms with Crippen molar-refractivity contribution < 1.29 is 111 Å². The molecule has 0 amide bonds. The van der Waals surface area contributed by atoms with Gasteiger partial charge in [-0.3, -0.25) is 18.1 Å². The first-order chi connectivity index (χ1) is 23.9. The number of unbranched alkanes of at least 4 members (excludes halogenated alkanes) is 2. The van der Waals surface area contributed by atoms with E-state index < -0.39 is 141 Å². The van der Waals surface area contributed by atoms with Crippen LogP contribution in [-0.4, -0.2) is 195 Å². The molecule has 26 heteroatoms. The fourth-order valence-electron chi connectivity index (χ4n) is 4.52. The van der Waals surface area contributed by atoms with Gasteiger partial charge < -0.3 is 80.4 Å². The highest BCUT2D eigenvalue weighted by Crippen LogP contribution is 2.48. The van der Waals surface area contributed by atoms with Crippen LogP contribution in [0.4, 0.5) is 8.78 Å². The molecule has 16 atom stereocenters. The summed E-state index contributed by atoms with van der Waals surface area (Å²) in [7, 11) is -9.95. The van der Waals surface area contributed by atoms with Crippen molar-refractivity contribution in [1.82, 2.24) is 0 Å². The molecule has 2 fully saturated rings. The van der Waals surface area contributed by atoms with Crippen molar-refractivity contribution in [3.05, 3.63) is 0 Å². The van der Waals surface area contributed by atoms with Crippen molar-refractivity contribution in [2.45, 2.75) is 105 Å². The number of rotatable bonds is 26. The third-order valence-electron chi connectivity index (χ3n) is 7.50. The number of aliphatic hydroxyl groups is 9. The summed E-state index contributed by atoms with van der Waals surface area (Å²) in [5.74, 6) is 0. The molecular weight excluding hydrogens is 750 g/mol. The van der Waals surface area contributed by atoms with E-state index in [0.29, 0.717) is 25.8 Å². The minimum atomic E-state index is -5.33. The maximum Gasteiger partial charge on any atom is 0.472 e. The van der Waals surface area contributed by atoms with Gasteiger partial charge in [-0.25, -0.2) is 17.9 Å². The van der Waals surface area contributed by atoms with Crippen molar-refractivity contribution in [1.29, 1.82) is 0 Å². The zero-order chi connectivity index (χ0) is 38.5. The molecule has 10 unspecified atom stereocenters. The molecule has 304 valence electrons. The molecule has 0 aromatic rings. The number of hydrogen-bond acceptors (Lipinski definition) is 20. The summed E-state index contributed by atoms with van der Waals surface area (Å²) in [5, 5.41) is 88.7. The first-order valence-corrected chi connectivity index (χ1v) is 18.6. The van der Waals surface area contributed by atoms with E-state index in [1.165, 1.54) is 0 Å². The summed E-state index contributed by atoms with van der Waals surface area (Å²) < 4.78 is 92.0. The van der Waals surface area contributed by atoms with Gasteiger partial charge >= 0.3 is 15.6 Å². The SMILES string of the molecule is NCCCCCOP(=O)(O)OCC(O)C(O)C(O)CO[C@@H]1O[C@H](CO)[C@H](OP(=O)(O)OCC(O)C(O)C(O)CO[C@@H]2O[C@H](CO)[C@H](O)C2F)C1F. The largest absolute Gasteiger partial charge is 0.472 e. The van der Waals surface area contributed by atoms with Crippen LogP contribution in [0.3, 0.4) is 0 Å². The molecule has 2 heterocycles. The van der Waals surface area contributed by atoms with E-state index in [1.807, 2.05) is 0 Å². The van der Waals surface area contributed by atoms with E-state index in [2.05, 4.69) is 9.05 Å². The average Bonchev–Trinajstić information content (AvgIpc) is 3.55. The van der Waals surface area contributed by atoms with Crippen LogP contribution in [0, 0.1) is 0 Å². The molecule has 0 spiro atoms. The second kappa shape index (κ2) is 22.2. The molecule has 0 aromatic carbocycles. The fourth-order valence-corrected chi connectivity index (χ4v) is 6.26. The zero-order valence-corrected chi connectivity index (χ0v) is 28.9. The minimum absolute atomic E-state index is 0.153. The van der Waals surface area contributed by atoms with Crippen LogP contribution in [0.15, 0.2) is 0 Å². The predicted octanol–water partition coefficient (Wildman–Crippen LogP) is -4.58. The lowest BCUT2D eigenvalue weighted by Gasteiger charge is -2.26. The van der Waals surface area contributed by atoms with Crippen LogP contribution in [0.2, 0.25) is 0 Å². The Morgan fingerprint density at radius 3 is 1.63 bits per heavy atom. The lowest BCUT2D eigenvalue weighted by molar-refractivity contribution is -0.185. The number of phosphoric acid groups is 2. The van der Waals surface area contributed by atoms with E-state index in [1.54, 1.807) is 0 Å². The Labute approximate surface area is 290 Å². The van der Waals surface area contributed by atoms with E-state index in [4.69, 9.17) is 38.8 Å². The van der Waals surface area contributed by atoms with Gasteiger partial charge in [-0.15, -0.1) is 0 Å². The van der Waals surface area contributed by atoms with Crippen LogP contribution in [0.1, 0.15) is 19.3 Å². The Balaban J connectivity index is 1.80. The van der Waals surface area contributed by atoms with Crippen molar-refractivity contribution in [3.8, 4) is 0 Å². The third kappa shape index (κ3) is 14.9. The number of nitrogens with two attached hydrogens (primary N) is 1. The maximum absolute atomic E-state index is 15.1.